The predicted octanol–water partition coefficient (Wildman–Crippen LogP) is 5.21. The van der Waals surface area contributed by atoms with Gasteiger partial charge >= 0.3 is 0 Å². The third-order valence-corrected chi connectivity index (χ3v) is 4.31. The Kier molecular flexibility index (Phi) is 5.50. The highest BCUT2D eigenvalue weighted by molar-refractivity contribution is 6.03. The summed E-state index contributed by atoms with van der Waals surface area (Å²) >= 11 is 0. The highest BCUT2D eigenvalue weighted by Crippen LogP contribution is 2.21. The lowest BCUT2D eigenvalue weighted by Crippen LogP contribution is -2.16. The molecule has 0 fully saturated rings. The number of amides is 1. The van der Waals surface area contributed by atoms with E-state index in [-0.39, 0.29) is 5.91 Å². The van der Waals surface area contributed by atoms with Crippen molar-refractivity contribution in [1.29, 1.82) is 0 Å². The number of carbonyl (C=O) groups excluding carboxylic acids is 1. The van der Waals surface area contributed by atoms with Crippen molar-refractivity contribution in [3.8, 4) is 0 Å². The number of hydrogen-bond donors (Lipinski definition) is 2. The average molecular weight is 360 g/mol. The lowest BCUT2D eigenvalue weighted by Gasteiger charge is -2.11. The normalized spacial score (nSPS) is 10.7. The largest absolute Gasteiger partial charge is 0.340 e. The molecule has 2 N–H and O–H groups in total. The zero-order chi connectivity index (χ0) is 19.4. The lowest BCUT2D eigenvalue weighted by molar-refractivity contribution is 0.102. The molecule has 5 heteroatoms. The van der Waals surface area contributed by atoms with Crippen LogP contribution in [0.5, 0.6) is 0 Å². The quantitative estimate of drug-likeness (QED) is 0.655. The van der Waals surface area contributed by atoms with Crippen molar-refractivity contribution in [1.82, 2.24) is 9.97 Å². The van der Waals surface area contributed by atoms with Crippen molar-refractivity contribution in [3.05, 3.63) is 77.2 Å². The van der Waals surface area contributed by atoms with Crippen LogP contribution in [0.4, 0.5) is 17.2 Å². The van der Waals surface area contributed by atoms with Gasteiger partial charge in [0.2, 0.25) is 0 Å². The van der Waals surface area contributed by atoms with Crippen LogP contribution in [0.25, 0.3) is 0 Å². The molecule has 0 saturated carbocycles. The number of aromatic nitrogens is 2. The maximum atomic E-state index is 12.6. The minimum absolute atomic E-state index is 0.256. The maximum absolute atomic E-state index is 12.6. The Bertz CT molecular complexity index is 949. The van der Waals surface area contributed by atoms with E-state index in [1.807, 2.05) is 43.3 Å². The van der Waals surface area contributed by atoms with Gasteiger partial charge < -0.3 is 10.6 Å². The second-order valence-corrected chi connectivity index (χ2v) is 6.86. The Hall–Kier alpha value is -3.21. The van der Waals surface area contributed by atoms with E-state index in [2.05, 4.69) is 46.6 Å². The fourth-order valence-electron chi connectivity index (χ4n) is 2.75. The second-order valence-electron chi connectivity index (χ2n) is 6.86. The van der Waals surface area contributed by atoms with Crippen molar-refractivity contribution in [2.75, 3.05) is 10.6 Å². The molecule has 1 aromatic heterocycles. The number of nitrogens with zero attached hydrogens (tertiary/aromatic N) is 2. The maximum Gasteiger partial charge on any atom is 0.274 e. The van der Waals surface area contributed by atoms with Crippen LogP contribution >= 0.6 is 0 Å². The van der Waals surface area contributed by atoms with Crippen LogP contribution in [-0.4, -0.2) is 15.9 Å². The summed E-state index contributed by atoms with van der Waals surface area (Å²) in [4.78, 5) is 21.3. The molecular weight excluding hydrogens is 336 g/mol. The first-order valence-corrected chi connectivity index (χ1v) is 9.02. The Labute approximate surface area is 159 Å². The summed E-state index contributed by atoms with van der Waals surface area (Å²) in [6.45, 7) is 8.05. The van der Waals surface area contributed by atoms with Gasteiger partial charge in [0.1, 0.15) is 17.3 Å². The molecule has 138 valence electrons. The van der Waals surface area contributed by atoms with E-state index in [9.17, 15) is 4.79 Å². The first kappa shape index (κ1) is 18.6. The molecule has 0 aliphatic rings. The molecule has 27 heavy (non-hydrogen) atoms. The molecule has 0 unspecified atom stereocenters. The van der Waals surface area contributed by atoms with Crippen LogP contribution < -0.4 is 10.6 Å². The van der Waals surface area contributed by atoms with E-state index < -0.39 is 0 Å². The Morgan fingerprint density at radius 3 is 2.33 bits per heavy atom. The smallest absolute Gasteiger partial charge is 0.274 e. The molecule has 0 spiro atoms. The molecular formula is C22H24N4O. The number of aryl methyl sites for hydroxylation is 2. The Balaban J connectivity index is 1.79. The molecule has 0 saturated heterocycles. The van der Waals surface area contributed by atoms with E-state index in [1.165, 1.54) is 5.56 Å². The predicted molar refractivity (Wildman–Crippen MR) is 110 cm³/mol. The van der Waals surface area contributed by atoms with E-state index in [0.29, 0.717) is 23.3 Å². The Morgan fingerprint density at radius 2 is 1.67 bits per heavy atom. The molecule has 3 rings (SSSR count). The van der Waals surface area contributed by atoms with Gasteiger partial charge in [0.15, 0.2) is 0 Å². The van der Waals surface area contributed by atoms with E-state index in [4.69, 9.17) is 0 Å². The fourth-order valence-corrected chi connectivity index (χ4v) is 2.75. The van der Waals surface area contributed by atoms with Crippen molar-refractivity contribution < 1.29 is 4.79 Å². The zero-order valence-corrected chi connectivity index (χ0v) is 16.1. The first-order chi connectivity index (χ1) is 12.9. The van der Waals surface area contributed by atoms with Gasteiger partial charge in [-0.3, -0.25) is 4.79 Å². The summed E-state index contributed by atoms with van der Waals surface area (Å²) in [5, 5.41) is 6.16. The number of nitrogens with one attached hydrogen (secondary N) is 2. The molecule has 0 bridgehead atoms. The van der Waals surface area contributed by atoms with Gasteiger partial charge in [-0.15, -0.1) is 0 Å². The minimum atomic E-state index is -0.256. The number of hydrogen-bond acceptors (Lipinski definition) is 4. The molecule has 0 aliphatic heterocycles. The zero-order valence-electron chi connectivity index (χ0n) is 16.1. The van der Waals surface area contributed by atoms with Crippen LogP contribution in [0.2, 0.25) is 0 Å². The van der Waals surface area contributed by atoms with Crippen molar-refractivity contribution in [3.63, 3.8) is 0 Å². The summed E-state index contributed by atoms with van der Waals surface area (Å²) in [6, 6.07) is 17.5. The fraction of sp³-hybridized carbons (Fsp3) is 0.227. The molecule has 0 atom stereocenters. The number of rotatable bonds is 5. The van der Waals surface area contributed by atoms with Gasteiger partial charge in [0, 0.05) is 17.4 Å². The summed E-state index contributed by atoms with van der Waals surface area (Å²) in [6.07, 6.45) is 0. The van der Waals surface area contributed by atoms with Gasteiger partial charge in [-0.2, -0.15) is 0 Å². The molecule has 1 amide bonds. The standard InChI is InChI=1S/C22H24N4O/c1-14(2)17-9-11-18(12-10-17)25-21-13-20(23-16(4)24-21)22(27)26-19-8-6-5-7-15(19)3/h5-14H,1-4H3,(H,26,27)(H,23,24,25). The van der Waals surface area contributed by atoms with Gasteiger partial charge in [0.05, 0.1) is 0 Å². The van der Waals surface area contributed by atoms with E-state index in [1.54, 1.807) is 13.0 Å². The molecule has 0 radical (unpaired) electrons. The third-order valence-electron chi connectivity index (χ3n) is 4.31. The first-order valence-electron chi connectivity index (χ1n) is 9.02. The highest BCUT2D eigenvalue weighted by Gasteiger charge is 2.12. The van der Waals surface area contributed by atoms with Crippen LogP contribution in [0, 0.1) is 13.8 Å². The van der Waals surface area contributed by atoms with Crippen LogP contribution in [0.15, 0.2) is 54.6 Å². The second kappa shape index (κ2) is 7.99. The molecule has 3 aromatic rings. The highest BCUT2D eigenvalue weighted by atomic mass is 16.1. The van der Waals surface area contributed by atoms with Crippen molar-refractivity contribution in [2.24, 2.45) is 0 Å². The molecule has 2 aromatic carbocycles. The monoisotopic (exact) mass is 360 g/mol. The number of anilines is 3. The van der Waals surface area contributed by atoms with Gasteiger partial charge in [-0.1, -0.05) is 44.2 Å². The van der Waals surface area contributed by atoms with E-state index in [0.717, 1.165) is 16.9 Å². The van der Waals surface area contributed by atoms with Crippen molar-refractivity contribution >= 4 is 23.1 Å². The number of carbonyl (C=O) groups is 1. The summed E-state index contributed by atoms with van der Waals surface area (Å²) < 4.78 is 0. The topological polar surface area (TPSA) is 66.9 Å². The molecule has 0 aliphatic carbocycles. The Morgan fingerprint density at radius 1 is 0.963 bits per heavy atom. The SMILES string of the molecule is Cc1nc(Nc2ccc(C(C)C)cc2)cc(C(=O)Nc2ccccc2C)n1. The van der Waals surface area contributed by atoms with Crippen LogP contribution in [0.3, 0.4) is 0 Å². The van der Waals surface area contributed by atoms with Crippen LogP contribution in [-0.2, 0) is 0 Å². The van der Waals surface area contributed by atoms with Gasteiger partial charge in [-0.05, 0) is 49.1 Å². The molecule has 1 heterocycles. The summed E-state index contributed by atoms with van der Waals surface area (Å²) in [5.41, 5.74) is 4.30. The average Bonchev–Trinajstić information content (AvgIpc) is 2.63. The van der Waals surface area contributed by atoms with Crippen molar-refractivity contribution in [2.45, 2.75) is 33.6 Å². The molecule has 5 nitrogen and oxygen atoms in total. The number of benzene rings is 2. The minimum Gasteiger partial charge on any atom is -0.340 e. The summed E-state index contributed by atoms with van der Waals surface area (Å²) in [7, 11) is 0. The third kappa shape index (κ3) is 4.70. The van der Waals surface area contributed by atoms with E-state index >= 15 is 0 Å². The van der Waals surface area contributed by atoms with Gasteiger partial charge in [0.25, 0.3) is 5.91 Å². The number of para-hydroxylation sites is 1. The van der Waals surface area contributed by atoms with Gasteiger partial charge in [-0.25, -0.2) is 9.97 Å². The lowest BCUT2D eigenvalue weighted by atomic mass is 10.0. The van der Waals surface area contributed by atoms with Crippen LogP contribution in [0.1, 0.15) is 47.2 Å². The summed E-state index contributed by atoms with van der Waals surface area (Å²) in [5.74, 6) is 1.36.